The Morgan fingerprint density at radius 1 is 0.931 bits per heavy atom. The van der Waals surface area contributed by atoms with E-state index in [4.69, 9.17) is 4.99 Å². The van der Waals surface area contributed by atoms with Crippen molar-refractivity contribution in [2.75, 3.05) is 6.54 Å². The molecule has 0 spiro atoms. The van der Waals surface area contributed by atoms with Gasteiger partial charge in [0.05, 0.1) is 16.1 Å². The smallest absolute Gasteiger partial charge is 0.268 e. The highest BCUT2D eigenvalue weighted by Crippen LogP contribution is 2.26. The first-order chi connectivity index (χ1) is 14.0. The zero-order valence-corrected chi connectivity index (χ0v) is 16.9. The van der Waals surface area contributed by atoms with Gasteiger partial charge in [0.15, 0.2) is 0 Å². The van der Waals surface area contributed by atoms with Crippen LogP contribution in [0.3, 0.4) is 0 Å². The Hall–Kier alpha value is -3.18. The van der Waals surface area contributed by atoms with E-state index < -0.39 is 10.0 Å². The summed E-state index contributed by atoms with van der Waals surface area (Å²) in [5, 5.41) is 0.879. The van der Waals surface area contributed by atoms with Gasteiger partial charge in [-0.05, 0) is 49.2 Å². The molecule has 3 aromatic carbocycles. The number of aliphatic imine (C=N–C) groups is 1. The predicted octanol–water partition coefficient (Wildman–Crippen LogP) is 4.58. The number of hydrogen-bond acceptors (Lipinski definition) is 3. The molecule has 1 aromatic heterocycles. The summed E-state index contributed by atoms with van der Waals surface area (Å²) in [6.45, 7) is 2.71. The number of nitrogens with zero attached hydrogens (tertiary/aromatic N) is 2. The van der Waals surface area contributed by atoms with Crippen LogP contribution < -0.4 is 0 Å². The monoisotopic (exact) mass is 400 g/mol. The molecular weight excluding hydrogens is 380 g/mol. The van der Waals surface area contributed by atoms with Crippen LogP contribution in [-0.2, 0) is 16.4 Å². The molecule has 0 bridgehead atoms. The standard InChI is InChI=1S/C24H20N2O2S/c1-17-6-9-21(10-7-17)29(27,28)26-15-13-19-16-20(8-11-23(19)26)24-22-5-3-2-4-18(22)12-14-25-24/h2-11,13,15-16H,12,14H2,1H3. The minimum atomic E-state index is -3.64. The van der Waals surface area contributed by atoms with E-state index >= 15 is 0 Å². The molecule has 0 unspecified atom stereocenters. The normalized spacial score (nSPS) is 13.9. The lowest BCUT2D eigenvalue weighted by Crippen LogP contribution is -2.14. The Bertz CT molecular complexity index is 1360. The quantitative estimate of drug-likeness (QED) is 0.505. The SMILES string of the molecule is Cc1ccc(S(=O)(=O)n2ccc3cc(C4=NCCc5ccccc54)ccc32)cc1. The van der Waals surface area contributed by atoms with Crippen LogP contribution in [0.25, 0.3) is 10.9 Å². The minimum Gasteiger partial charge on any atom is -0.284 e. The van der Waals surface area contributed by atoms with Gasteiger partial charge in [-0.2, -0.15) is 0 Å². The molecule has 5 rings (SSSR count). The zero-order valence-electron chi connectivity index (χ0n) is 16.0. The highest BCUT2D eigenvalue weighted by atomic mass is 32.2. The molecule has 0 N–H and O–H groups in total. The number of fused-ring (bicyclic) bond motifs is 2. The molecule has 144 valence electrons. The van der Waals surface area contributed by atoms with Crippen molar-refractivity contribution in [3.05, 3.63) is 101 Å². The molecule has 0 amide bonds. The van der Waals surface area contributed by atoms with Crippen molar-refractivity contribution in [3.8, 4) is 0 Å². The Kier molecular flexibility index (Phi) is 4.14. The van der Waals surface area contributed by atoms with Crippen molar-refractivity contribution < 1.29 is 8.42 Å². The average Bonchev–Trinajstić information content (AvgIpc) is 3.18. The molecule has 0 fully saturated rings. The van der Waals surface area contributed by atoms with Crippen LogP contribution in [0, 0.1) is 6.92 Å². The average molecular weight is 401 g/mol. The van der Waals surface area contributed by atoms with Gasteiger partial charge >= 0.3 is 0 Å². The van der Waals surface area contributed by atoms with Gasteiger partial charge in [-0.15, -0.1) is 0 Å². The summed E-state index contributed by atoms with van der Waals surface area (Å²) in [6, 6.07) is 23.0. The van der Waals surface area contributed by atoms with Gasteiger partial charge in [-0.3, -0.25) is 4.99 Å². The zero-order chi connectivity index (χ0) is 20.0. The van der Waals surface area contributed by atoms with Crippen LogP contribution in [0.4, 0.5) is 0 Å². The molecule has 4 aromatic rings. The van der Waals surface area contributed by atoms with E-state index in [0.29, 0.717) is 5.52 Å². The maximum atomic E-state index is 13.1. The second kappa shape index (κ2) is 6.71. The highest BCUT2D eigenvalue weighted by Gasteiger charge is 2.20. The number of benzene rings is 3. The van der Waals surface area contributed by atoms with Crippen LogP contribution in [-0.4, -0.2) is 24.6 Å². The molecule has 0 saturated carbocycles. The van der Waals surface area contributed by atoms with Gasteiger partial charge in [0.2, 0.25) is 0 Å². The fourth-order valence-electron chi connectivity index (χ4n) is 3.89. The molecule has 1 aliphatic heterocycles. The first-order valence-corrected chi connectivity index (χ1v) is 11.0. The van der Waals surface area contributed by atoms with Gasteiger partial charge in [-0.1, -0.05) is 48.0 Å². The van der Waals surface area contributed by atoms with E-state index in [1.54, 1.807) is 18.3 Å². The van der Waals surface area contributed by atoms with Crippen molar-refractivity contribution in [2.24, 2.45) is 4.99 Å². The third-order valence-corrected chi connectivity index (χ3v) is 7.13. The molecule has 29 heavy (non-hydrogen) atoms. The summed E-state index contributed by atoms with van der Waals surface area (Å²) >= 11 is 0. The number of rotatable bonds is 3. The first kappa shape index (κ1) is 17.9. The summed E-state index contributed by atoms with van der Waals surface area (Å²) in [5.41, 5.74) is 6.14. The van der Waals surface area contributed by atoms with Crippen LogP contribution in [0.2, 0.25) is 0 Å². The summed E-state index contributed by atoms with van der Waals surface area (Å²) < 4.78 is 27.6. The van der Waals surface area contributed by atoms with E-state index in [9.17, 15) is 8.42 Å². The first-order valence-electron chi connectivity index (χ1n) is 9.60. The van der Waals surface area contributed by atoms with Crippen molar-refractivity contribution in [1.82, 2.24) is 3.97 Å². The molecule has 0 saturated heterocycles. The van der Waals surface area contributed by atoms with E-state index in [1.807, 2.05) is 49.4 Å². The van der Waals surface area contributed by atoms with Crippen LogP contribution >= 0.6 is 0 Å². The molecule has 4 nitrogen and oxygen atoms in total. The van der Waals surface area contributed by atoms with Crippen LogP contribution in [0.5, 0.6) is 0 Å². The van der Waals surface area contributed by atoms with Gasteiger partial charge in [-0.25, -0.2) is 12.4 Å². The molecule has 0 aliphatic carbocycles. The second-order valence-electron chi connectivity index (χ2n) is 7.34. The van der Waals surface area contributed by atoms with Gasteiger partial charge in [0, 0.05) is 29.3 Å². The summed E-state index contributed by atoms with van der Waals surface area (Å²) in [5.74, 6) is 0. The highest BCUT2D eigenvalue weighted by molar-refractivity contribution is 7.90. The number of aromatic nitrogens is 1. The molecule has 1 aliphatic rings. The third-order valence-electron chi connectivity index (χ3n) is 5.43. The Labute approximate surface area is 170 Å². The molecule has 0 atom stereocenters. The lowest BCUT2D eigenvalue weighted by molar-refractivity contribution is 0.589. The fourth-order valence-corrected chi connectivity index (χ4v) is 5.24. The number of aryl methyl sites for hydroxylation is 1. The van der Waals surface area contributed by atoms with Crippen molar-refractivity contribution in [3.63, 3.8) is 0 Å². The minimum absolute atomic E-state index is 0.287. The maximum Gasteiger partial charge on any atom is 0.268 e. The Morgan fingerprint density at radius 3 is 2.55 bits per heavy atom. The third kappa shape index (κ3) is 2.98. The lowest BCUT2D eigenvalue weighted by atomic mass is 9.93. The van der Waals surface area contributed by atoms with E-state index in [2.05, 4.69) is 18.2 Å². The summed E-state index contributed by atoms with van der Waals surface area (Å²) in [7, 11) is -3.64. The van der Waals surface area contributed by atoms with Crippen LogP contribution in [0.15, 0.2) is 88.9 Å². The van der Waals surface area contributed by atoms with E-state index in [0.717, 1.165) is 40.8 Å². The Balaban J connectivity index is 1.59. The molecule has 0 radical (unpaired) electrons. The second-order valence-corrected chi connectivity index (χ2v) is 9.16. The lowest BCUT2D eigenvalue weighted by Gasteiger charge is -2.17. The van der Waals surface area contributed by atoms with Crippen molar-refractivity contribution in [1.29, 1.82) is 0 Å². The largest absolute Gasteiger partial charge is 0.284 e. The topological polar surface area (TPSA) is 51.4 Å². The molecular formula is C24H20N2O2S. The van der Waals surface area contributed by atoms with Gasteiger partial charge in [0.1, 0.15) is 0 Å². The van der Waals surface area contributed by atoms with Crippen molar-refractivity contribution >= 4 is 26.6 Å². The summed E-state index contributed by atoms with van der Waals surface area (Å²) in [4.78, 5) is 5.04. The Morgan fingerprint density at radius 2 is 1.72 bits per heavy atom. The van der Waals surface area contributed by atoms with Gasteiger partial charge < -0.3 is 0 Å². The molecule has 5 heteroatoms. The van der Waals surface area contributed by atoms with Crippen LogP contribution in [0.1, 0.15) is 22.3 Å². The molecule has 2 heterocycles. The maximum absolute atomic E-state index is 13.1. The van der Waals surface area contributed by atoms with E-state index in [1.165, 1.54) is 9.54 Å². The fraction of sp³-hybridized carbons (Fsp3) is 0.125. The predicted molar refractivity (Wildman–Crippen MR) is 116 cm³/mol. The van der Waals surface area contributed by atoms with E-state index in [-0.39, 0.29) is 4.90 Å². The summed E-state index contributed by atoms with van der Waals surface area (Å²) in [6.07, 6.45) is 2.58. The van der Waals surface area contributed by atoms with Gasteiger partial charge in [0.25, 0.3) is 10.0 Å². The number of hydrogen-bond donors (Lipinski definition) is 0. The van der Waals surface area contributed by atoms with Crippen molar-refractivity contribution in [2.45, 2.75) is 18.2 Å².